The number of halogens is 5. The normalized spacial score (nSPS) is 11.9. The van der Waals surface area contributed by atoms with Crippen LogP contribution in [-0.2, 0) is 26.3 Å². The fourth-order valence-electron chi connectivity index (χ4n) is 2.51. The van der Waals surface area contributed by atoms with Gasteiger partial charge in [0.15, 0.2) is 11.7 Å². The Kier molecular flexibility index (Phi) is 8.51. The second-order valence-electron chi connectivity index (χ2n) is 5.83. The minimum absolute atomic E-state index is 0. The van der Waals surface area contributed by atoms with Crippen LogP contribution in [0.5, 0.6) is 0 Å². The van der Waals surface area contributed by atoms with Crippen molar-refractivity contribution in [1.29, 1.82) is 0 Å². The molecule has 0 spiro atoms. The van der Waals surface area contributed by atoms with Crippen molar-refractivity contribution in [3.63, 3.8) is 0 Å². The molecule has 1 N–H and O–H groups in total. The zero-order valence-corrected chi connectivity index (χ0v) is 17.5. The molecule has 5 nitrogen and oxygen atoms in total. The summed E-state index contributed by atoms with van der Waals surface area (Å²) in [7, 11) is 3.17. The van der Waals surface area contributed by atoms with E-state index in [2.05, 4.69) is 15.4 Å². The van der Waals surface area contributed by atoms with Crippen LogP contribution in [0.4, 0.5) is 17.6 Å². The van der Waals surface area contributed by atoms with Crippen LogP contribution in [0.2, 0.25) is 0 Å². The number of guanidine groups is 1. The van der Waals surface area contributed by atoms with E-state index in [9.17, 15) is 17.6 Å². The highest BCUT2D eigenvalue weighted by Gasteiger charge is 2.36. The molecule has 0 radical (unpaired) electrons. The fraction of sp³-hybridized carbons (Fsp3) is 0.412. The molecule has 1 heterocycles. The molecule has 0 atom stereocenters. The summed E-state index contributed by atoms with van der Waals surface area (Å²) < 4.78 is 53.5. The Morgan fingerprint density at radius 2 is 2.04 bits per heavy atom. The van der Waals surface area contributed by atoms with E-state index >= 15 is 0 Å². The molecule has 1 aromatic heterocycles. The lowest BCUT2D eigenvalue weighted by Gasteiger charge is -2.22. The van der Waals surface area contributed by atoms with E-state index < -0.39 is 11.9 Å². The number of benzene rings is 1. The highest BCUT2D eigenvalue weighted by atomic mass is 127. The lowest BCUT2D eigenvalue weighted by atomic mass is 10.2. The van der Waals surface area contributed by atoms with E-state index in [0.29, 0.717) is 19.0 Å². The van der Waals surface area contributed by atoms with Gasteiger partial charge in [0.05, 0.1) is 6.54 Å². The third kappa shape index (κ3) is 6.67. The molecule has 0 fully saturated rings. The number of nitrogens with one attached hydrogen (secondary N) is 1. The molecule has 0 aliphatic rings. The number of rotatable bonds is 5. The third-order valence-electron chi connectivity index (χ3n) is 3.58. The number of aryl methyl sites for hydroxylation is 1. The maximum absolute atomic E-state index is 13.3. The van der Waals surface area contributed by atoms with Gasteiger partial charge in [-0.25, -0.2) is 9.38 Å². The maximum Gasteiger partial charge on any atom is 0.435 e. The SMILES string of the molecule is CCNC(=NCc1cn(C)nc1C(F)(F)F)N(C)Cc1cccc(F)c1.I. The predicted octanol–water partition coefficient (Wildman–Crippen LogP) is 3.79. The first kappa shape index (κ1) is 23.2. The molecule has 1 aromatic carbocycles. The number of alkyl halides is 3. The molecule has 2 aromatic rings. The summed E-state index contributed by atoms with van der Waals surface area (Å²) in [6.45, 7) is 2.60. The topological polar surface area (TPSA) is 45.5 Å². The van der Waals surface area contributed by atoms with Crippen LogP contribution in [0.15, 0.2) is 35.5 Å². The van der Waals surface area contributed by atoms with E-state index in [1.807, 2.05) is 6.92 Å². The first-order valence-corrected chi connectivity index (χ1v) is 8.04. The number of aromatic nitrogens is 2. The lowest BCUT2D eigenvalue weighted by Crippen LogP contribution is -2.38. The van der Waals surface area contributed by atoms with Gasteiger partial charge in [0, 0.05) is 38.9 Å². The maximum atomic E-state index is 13.3. The van der Waals surface area contributed by atoms with Gasteiger partial charge in [-0.3, -0.25) is 4.68 Å². The van der Waals surface area contributed by atoms with Crippen molar-refractivity contribution in [3.8, 4) is 0 Å². The van der Waals surface area contributed by atoms with Gasteiger partial charge in [0.2, 0.25) is 0 Å². The van der Waals surface area contributed by atoms with Crippen molar-refractivity contribution < 1.29 is 17.6 Å². The first-order valence-electron chi connectivity index (χ1n) is 8.04. The minimum Gasteiger partial charge on any atom is -0.357 e. The van der Waals surface area contributed by atoms with Gasteiger partial charge in [0.25, 0.3) is 0 Å². The summed E-state index contributed by atoms with van der Waals surface area (Å²) >= 11 is 0. The van der Waals surface area contributed by atoms with Gasteiger partial charge in [-0.05, 0) is 24.6 Å². The average molecular weight is 499 g/mol. The largest absolute Gasteiger partial charge is 0.435 e. The summed E-state index contributed by atoms with van der Waals surface area (Å²) in [6, 6.07) is 6.13. The van der Waals surface area contributed by atoms with Crippen LogP contribution in [0.3, 0.4) is 0 Å². The van der Waals surface area contributed by atoms with Crippen LogP contribution in [-0.4, -0.2) is 34.2 Å². The summed E-state index contributed by atoms with van der Waals surface area (Å²) in [5.41, 5.74) is -0.211. The molecule has 0 aliphatic heterocycles. The standard InChI is InChI=1S/C17H21F4N5.HI/c1-4-22-16(25(2)10-12-6-5-7-14(18)8-12)23-9-13-11-26(3)24-15(13)17(19,20)21;/h5-8,11H,4,9-10H2,1-3H3,(H,22,23);1H. The number of nitrogens with zero attached hydrogens (tertiary/aromatic N) is 4. The van der Waals surface area contributed by atoms with E-state index in [1.165, 1.54) is 25.4 Å². The Hall–Kier alpha value is -1.85. The molecule has 150 valence electrons. The van der Waals surface area contributed by atoms with Gasteiger partial charge < -0.3 is 10.2 Å². The molecule has 27 heavy (non-hydrogen) atoms. The van der Waals surface area contributed by atoms with Crippen LogP contribution >= 0.6 is 24.0 Å². The highest BCUT2D eigenvalue weighted by molar-refractivity contribution is 14.0. The van der Waals surface area contributed by atoms with Crippen molar-refractivity contribution >= 4 is 29.9 Å². The molecule has 0 amide bonds. The molecular weight excluding hydrogens is 477 g/mol. The van der Waals surface area contributed by atoms with E-state index in [4.69, 9.17) is 0 Å². The van der Waals surface area contributed by atoms with Crippen LogP contribution in [0, 0.1) is 5.82 Å². The summed E-state index contributed by atoms with van der Waals surface area (Å²) in [5, 5.41) is 6.50. The molecule has 0 unspecified atom stereocenters. The molecule has 2 rings (SSSR count). The summed E-state index contributed by atoms with van der Waals surface area (Å²) in [4.78, 5) is 6.00. The van der Waals surface area contributed by atoms with Crippen molar-refractivity contribution in [2.24, 2.45) is 12.0 Å². The van der Waals surface area contributed by atoms with Gasteiger partial charge in [-0.15, -0.1) is 24.0 Å². The zero-order chi connectivity index (χ0) is 19.3. The first-order chi connectivity index (χ1) is 12.2. The van der Waals surface area contributed by atoms with Crippen molar-refractivity contribution in [3.05, 3.63) is 53.1 Å². The fourth-order valence-corrected chi connectivity index (χ4v) is 2.51. The smallest absolute Gasteiger partial charge is 0.357 e. The van der Waals surface area contributed by atoms with Gasteiger partial charge in [-0.1, -0.05) is 12.1 Å². The van der Waals surface area contributed by atoms with Crippen molar-refractivity contribution in [1.82, 2.24) is 20.0 Å². The highest BCUT2D eigenvalue weighted by Crippen LogP contribution is 2.30. The van der Waals surface area contributed by atoms with Crippen LogP contribution in [0.1, 0.15) is 23.7 Å². The Balaban J connectivity index is 0.00000364. The summed E-state index contributed by atoms with van der Waals surface area (Å²) in [6.07, 6.45) is -3.22. The number of aliphatic imine (C=N–C) groups is 1. The van der Waals surface area contributed by atoms with Gasteiger partial charge in [-0.2, -0.15) is 18.3 Å². The molecule has 0 saturated heterocycles. The quantitative estimate of drug-likeness (QED) is 0.295. The Bertz CT molecular complexity index is 773. The van der Waals surface area contributed by atoms with Crippen LogP contribution in [0.25, 0.3) is 0 Å². The van der Waals surface area contributed by atoms with E-state index in [-0.39, 0.29) is 41.9 Å². The third-order valence-corrected chi connectivity index (χ3v) is 3.58. The Labute approximate surface area is 172 Å². The summed E-state index contributed by atoms with van der Waals surface area (Å²) in [5.74, 6) is 0.0803. The lowest BCUT2D eigenvalue weighted by molar-refractivity contribution is -0.142. The van der Waals surface area contributed by atoms with E-state index in [0.717, 1.165) is 10.2 Å². The number of hydrogen-bond acceptors (Lipinski definition) is 2. The molecule has 0 bridgehead atoms. The zero-order valence-electron chi connectivity index (χ0n) is 15.2. The van der Waals surface area contributed by atoms with E-state index in [1.54, 1.807) is 24.1 Å². The Morgan fingerprint density at radius 3 is 2.63 bits per heavy atom. The molecule has 0 saturated carbocycles. The second kappa shape index (κ2) is 9.90. The Morgan fingerprint density at radius 1 is 1.33 bits per heavy atom. The average Bonchev–Trinajstić information content (AvgIpc) is 2.92. The molecular formula is C17H22F4IN5. The monoisotopic (exact) mass is 499 g/mol. The van der Waals surface area contributed by atoms with Crippen molar-refractivity contribution in [2.75, 3.05) is 13.6 Å². The van der Waals surface area contributed by atoms with Gasteiger partial charge in [0.1, 0.15) is 5.82 Å². The van der Waals surface area contributed by atoms with Crippen molar-refractivity contribution in [2.45, 2.75) is 26.2 Å². The van der Waals surface area contributed by atoms with Crippen LogP contribution < -0.4 is 5.32 Å². The molecule has 10 heteroatoms. The second-order valence-corrected chi connectivity index (χ2v) is 5.83. The molecule has 0 aliphatic carbocycles. The number of hydrogen-bond donors (Lipinski definition) is 1. The predicted molar refractivity (Wildman–Crippen MR) is 106 cm³/mol. The van der Waals surface area contributed by atoms with Gasteiger partial charge >= 0.3 is 6.18 Å². The minimum atomic E-state index is -4.53.